The van der Waals surface area contributed by atoms with Crippen LogP contribution in [0.25, 0.3) is 0 Å². The number of rotatable bonds is 2. The number of allylic oxidation sites excluding steroid dienone is 2. The van der Waals surface area contributed by atoms with Crippen LogP contribution in [0.1, 0.15) is 59.3 Å². The molecule has 1 fully saturated rings. The SMILES string of the molecule is CC1CCCCC1NC1=C(C#N)C(=O)CC(C)(C)C1. The summed E-state index contributed by atoms with van der Waals surface area (Å²) in [7, 11) is 0. The number of hydrogen-bond acceptors (Lipinski definition) is 3. The van der Waals surface area contributed by atoms with Gasteiger partial charge in [0.2, 0.25) is 0 Å². The van der Waals surface area contributed by atoms with E-state index in [-0.39, 0.29) is 11.2 Å². The molecule has 1 saturated carbocycles. The van der Waals surface area contributed by atoms with Crippen molar-refractivity contribution in [2.45, 2.75) is 65.3 Å². The third-order valence-electron chi connectivity index (χ3n) is 4.46. The number of nitrogens with zero attached hydrogens (tertiary/aromatic N) is 1. The molecule has 0 saturated heterocycles. The van der Waals surface area contributed by atoms with Crippen molar-refractivity contribution >= 4 is 5.78 Å². The summed E-state index contributed by atoms with van der Waals surface area (Å²) in [5, 5.41) is 12.8. The minimum atomic E-state index is -0.0301. The Balaban J connectivity index is 2.20. The first-order valence-corrected chi connectivity index (χ1v) is 7.36. The lowest BCUT2D eigenvalue weighted by Crippen LogP contribution is -2.40. The van der Waals surface area contributed by atoms with Crippen molar-refractivity contribution in [3.8, 4) is 6.07 Å². The molecule has 2 rings (SSSR count). The molecule has 2 atom stereocenters. The van der Waals surface area contributed by atoms with E-state index >= 15 is 0 Å². The average molecular weight is 260 g/mol. The van der Waals surface area contributed by atoms with Gasteiger partial charge in [-0.2, -0.15) is 5.26 Å². The van der Waals surface area contributed by atoms with Gasteiger partial charge in [0.05, 0.1) is 0 Å². The fourth-order valence-corrected chi connectivity index (χ4v) is 3.33. The summed E-state index contributed by atoms with van der Waals surface area (Å²) >= 11 is 0. The zero-order valence-corrected chi connectivity index (χ0v) is 12.3. The van der Waals surface area contributed by atoms with Gasteiger partial charge in [0.1, 0.15) is 11.6 Å². The number of carbonyl (C=O) groups is 1. The van der Waals surface area contributed by atoms with E-state index in [1.807, 2.05) is 0 Å². The van der Waals surface area contributed by atoms with Crippen LogP contribution in [0.15, 0.2) is 11.3 Å². The Morgan fingerprint density at radius 3 is 2.58 bits per heavy atom. The third-order valence-corrected chi connectivity index (χ3v) is 4.46. The maximum Gasteiger partial charge on any atom is 0.175 e. The number of nitrogens with one attached hydrogen (secondary N) is 1. The molecule has 0 radical (unpaired) electrons. The van der Waals surface area contributed by atoms with Gasteiger partial charge in [-0.1, -0.05) is 33.6 Å². The van der Waals surface area contributed by atoms with Crippen LogP contribution >= 0.6 is 0 Å². The molecule has 0 aromatic rings. The molecule has 0 aliphatic heterocycles. The van der Waals surface area contributed by atoms with Crippen molar-refractivity contribution in [3.63, 3.8) is 0 Å². The maximum absolute atomic E-state index is 12.1. The summed E-state index contributed by atoms with van der Waals surface area (Å²) in [5.41, 5.74) is 1.23. The normalized spacial score (nSPS) is 30.9. The number of hydrogen-bond donors (Lipinski definition) is 1. The molecule has 0 heterocycles. The molecule has 2 aliphatic rings. The first-order chi connectivity index (χ1) is 8.93. The van der Waals surface area contributed by atoms with Crippen LogP contribution in [-0.2, 0) is 4.79 Å². The molecule has 3 nitrogen and oxygen atoms in total. The van der Waals surface area contributed by atoms with E-state index in [0.717, 1.165) is 18.5 Å². The van der Waals surface area contributed by atoms with Gasteiger partial charge in [0.15, 0.2) is 5.78 Å². The first kappa shape index (κ1) is 14.1. The Kier molecular flexibility index (Phi) is 3.99. The quantitative estimate of drug-likeness (QED) is 0.828. The van der Waals surface area contributed by atoms with Crippen LogP contribution in [0.3, 0.4) is 0 Å². The molecule has 19 heavy (non-hydrogen) atoms. The number of nitriles is 1. The van der Waals surface area contributed by atoms with E-state index in [9.17, 15) is 10.1 Å². The highest BCUT2D eigenvalue weighted by Crippen LogP contribution is 2.36. The molecule has 0 amide bonds. The Labute approximate surface area is 116 Å². The van der Waals surface area contributed by atoms with Crippen molar-refractivity contribution in [2.75, 3.05) is 0 Å². The number of Topliss-reactive ketones (excluding diaryl/α,β-unsaturated/α-hetero) is 1. The predicted molar refractivity (Wildman–Crippen MR) is 75.2 cm³/mol. The van der Waals surface area contributed by atoms with Crippen molar-refractivity contribution in [1.29, 1.82) is 5.26 Å². The van der Waals surface area contributed by atoms with Crippen LogP contribution in [0.4, 0.5) is 0 Å². The first-order valence-electron chi connectivity index (χ1n) is 7.36. The Morgan fingerprint density at radius 2 is 1.95 bits per heavy atom. The monoisotopic (exact) mass is 260 g/mol. The fraction of sp³-hybridized carbons (Fsp3) is 0.750. The van der Waals surface area contributed by atoms with Gasteiger partial charge in [-0.15, -0.1) is 0 Å². The third kappa shape index (κ3) is 3.18. The molecule has 2 unspecified atom stereocenters. The standard InChI is InChI=1S/C16H24N2O/c1-11-6-4-5-7-13(11)18-14-8-16(2,3)9-15(19)12(14)10-17/h11,13,18H,4-9H2,1-3H3. The van der Waals surface area contributed by atoms with Crippen molar-refractivity contribution in [2.24, 2.45) is 11.3 Å². The lowest BCUT2D eigenvalue weighted by molar-refractivity contribution is -0.117. The lowest BCUT2D eigenvalue weighted by Gasteiger charge is -2.36. The predicted octanol–water partition coefficient (Wildman–Crippen LogP) is 3.32. The van der Waals surface area contributed by atoms with E-state index in [1.165, 1.54) is 19.3 Å². The molecule has 0 aromatic heterocycles. The highest BCUT2D eigenvalue weighted by Gasteiger charge is 2.34. The molecule has 1 N–H and O–H groups in total. The van der Waals surface area contributed by atoms with Crippen LogP contribution in [0.2, 0.25) is 0 Å². The van der Waals surface area contributed by atoms with Gasteiger partial charge in [-0.3, -0.25) is 4.79 Å². The van der Waals surface area contributed by atoms with Crippen molar-refractivity contribution in [3.05, 3.63) is 11.3 Å². The van der Waals surface area contributed by atoms with Crippen molar-refractivity contribution in [1.82, 2.24) is 5.32 Å². The minimum Gasteiger partial charge on any atom is -0.384 e. The average Bonchev–Trinajstić information content (AvgIpc) is 2.30. The molecular weight excluding hydrogens is 236 g/mol. The van der Waals surface area contributed by atoms with Crippen molar-refractivity contribution < 1.29 is 4.79 Å². The summed E-state index contributed by atoms with van der Waals surface area (Å²) in [4.78, 5) is 12.1. The molecule has 3 heteroatoms. The van der Waals surface area contributed by atoms with Crippen LogP contribution in [0, 0.1) is 22.7 Å². The summed E-state index contributed by atoms with van der Waals surface area (Å²) in [6, 6.07) is 2.54. The van der Waals surface area contributed by atoms with Gasteiger partial charge >= 0.3 is 0 Å². The molecule has 0 spiro atoms. The Morgan fingerprint density at radius 1 is 1.26 bits per heavy atom. The second-order valence-corrected chi connectivity index (χ2v) is 6.92. The van der Waals surface area contributed by atoms with Gasteiger partial charge in [-0.25, -0.2) is 0 Å². The second kappa shape index (κ2) is 5.36. The van der Waals surface area contributed by atoms with E-state index in [4.69, 9.17) is 0 Å². The Hall–Kier alpha value is -1.30. The highest BCUT2D eigenvalue weighted by atomic mass is 16.1. The van der Waals surface area contributed by atoms with Gasteiger partial charge in [-0.05, 0) is 30.6 Å². The maximum atomic E-state index is 12.1. The summed E-state index contributed by atoms with van der Waals surface area (Å²) in [5.74, 6) is 0.631. The molecule has 0 aromatic carbocycles. The zero-order chi connectivity index (χ0) is 14.0. The smallest absolute Gasteiger partial charge is 0.175 e. The molecule has 2 aliphatic carbocycles. The van der Waals surface area contributed by atoms with Gasteiger partial charge < -0.3 is 5.32 Å². The summed E-state index contributed by atoms with van der Waals surface area (Å²) in [6.45, 7) is 6.47. The van der Waals surface area contributed by atoms with E-state index < -0.39 is 0 Å². The largest absolute Gasteiger partial charge is 0.384 e. The summed E-state index contributed by atoms with van der Waals surface area (Å²) in [6.07, 6.45) is 6.23. The summed E-state index contributed by atoms with van der Waals surface area (Å²) < 4.78 is 0. The topological polar surface area (TPSA) is 52.9 Å². The van der Waals surface area contributed by atoms with E-state index in [2.05, 4.69) is 32.2 Å². The van der Waals surface area contributed by atoms with Gasteiger partial charge in [0, 0.05) is 18.2 Å². The molecular formula is C16H24N2O. The van der Waals surface area contributed by atoms with Gasteiger partial charge in [0.25, 0.3) is 0 Å². The molecule has 104 valence electrons. The van der Waals surface area contributed by atoms with Crippen LogP contribution in [-0.4, -0.2) is 11.8 Å². The fourth-order valence-electron chi connectivity index (χ4n) is 3.33. The second-order valence-electron chi connectivity index (χ2n) is 6.92. The van der Waals surface area contributed by atoms with Crippen LogP contribution in [0.5, 0.6) is 0 Å². The number of carbonyl (C=O) groups excluding carboxylic acids is 1. The zero-order valence-electron chi connectivity index (χ0n) is 12.3. The Bertz CT molecular complexity index is 442. The lowest BCUT2D eigenvalue weighted by atomic mass is 9.75. The number of ketones is 1. The minimum absolute atomic E-state index is 0.00436. The molecule has 0 bridgehead atoms. The van der Waals surface area contributed by atoms with Crippen LogP contribution < -0.4 is 5.32 Å². The van der Waals surface area contributed by atoms with E-state index in [1.54, 1.807) is 0 Å². The highest BCUT2D eigenvalue weighted by molar-refractivity contribution is 6.01. The van der Waals surface area contributed by atoms with E-state index in [0.29, 0.717) is 24.0 Å².